The first-order valence-corrected chi connectivity index (χ1v) is 10.9. The minimum Gasteiger partial charge on any atom is -0.337 e. The van der Waals surface area contributed by atoms with Crippen LogP contribution in [0.4, 0.5) is 0 Å². The summed E-state index contributed by atoms with van der Waals surface area (Å²) in [6.07, 6.45) is 3.42. The van der Waals surface area contributed by atoms with Crippen molar-refractivity contribution in [3.63, 3.8) is 0 Å². The second kappa shape index (κ2) is 7.66. The molecule has 0 bridgehead atoms. The number of sulfonamides is 1. The van der Waals surface area contributed by atoms with Crippen molar-refractivity contribution in [1.82, 2.24) is 9.21 Å². The Hall–Kier alpha value is -1.44. The summed E-state index contributed by atoms with van der Waals surface area (Å²) in [5.74, 6) is 0.0866. The second-order valence-electron chi connectivity index (χ2n) is 7.46. The Morgan fingerprint density at radius 2 is 1.88 bits per heavy atom. The standard InChI is InChI=1S/C19H29N3O3S/c1-3-14(2)18(20)19(23)21-11-8-15-6-7-17(12-16(15)13-21)26(24,25)22-9-4-5-10-22/h6-7,12,14,18H,3-5,8-11,13,20H2,1-2H3. The fraction of sp³-hybridized carbons (Fsp3) is 0.632. The number of carbonyl (C=O) groups excluding carboxylic acids is 1. The topological polar surface area (TPSA) is 83.7 Å². The minimum atomic E-state index is -3.44. The normalized spacial score (nSPS) is 20.7. The molecule has 0 aliphatic carbocycles. The van der Waals surface area contributed by atoms with E-state index >= 15 is 0 Å². The lowest BCUT2D eigenvalue weighted by atomic mass is 9.95. The summed E-state index contributed by atoms with van der Waals surface area (Å²) in [7, 11) is -3.44. The molecular formula is C19H29N3O3S. The highest BCUT2D eigenvalue weighted by atomic mass is 32.2. The van der Waals surface area contributed by atoms with Gasteiger partial charge in [0.25, 0.3) is 0 Å². The van der Waals surface area contributed by atoms with Crippen LogP contribution in [0.3, 0.4) is 0 Å². The van der Waals surface area contributed by atoms with Crippen molar-refractivity contribution in [1.29, 1.82) is 0 Å². The first-order chi connectivity index (χ1) is 12.3. The zero-order valence-electron chi connectivity index (χ0n) is 15.6. The van der Waals surface area contributed by atoms with Gasteiger partial charge in [-0.1, -0.05) is 26.3 Å². The van der Waals surface area contributed by atoms with Gasteiger partial charge in [0, 0.05) is 26.2 Å². The number of benzene rings is 1. The van der Waals surface area contributed by atoms with E-state index in [1.54, 1.807) is 21.3 Å². The summed E-state index contributed by atoms with van der Waals surface area (Å²) in [6, 6.07) is 4.85. The van der Waals surface area contributed by atoms with Crippen molar-refractivity contribution in [2.75, 3.05) is 19.6 Å². The van der Waals surface area contributed by atoms with E-state index in [1.807, 2.05) is 19.9 Å². The van der Waals surface area contributed by atoms with Gasteiger partial charge in [-0.2, -0.15) is 4.31 Å². The van der Waals surface area contributed by atoms with Crippen molar-refractivity contribution in [3.05, 3.63) is 29.3 Å². The molecule has 1 aromatic rings. The van der Waals surface area contributed by atoms with Gasteiger partial charge < -0.3 is 10.6 Å². The molecule has 6 nitrogen and oxygen atoms in total. The summed E-state index contributed by atoms with van der Waals surface area (Å²) in [5.41, 5.74) is 8.15. The average Bonchev–Trinajstić information content (AvgIpc) is 3.20. The van der Waals surface area contributed by atoms with Crippen LogP contribution in [0.25, 0.3) is 0 Å². The average molecular weight is 380 g/mol. The molecule has 2 aliphatic heterocycles. The van der Waals surface area contributed by atoms with Crippen molar-refractivity contribution < 1.29 is 13.2 Å². The quantitative estimate of drug-likeness (QED) is 0.844. The fourth-order valence-electron chi connectivity index (χ4n) is 3.67. The molecule has 0 aromatic heterocycles. The van der Waals surface area contributed by atoms with Gasteiger partial charge in [0.05, 0.1) is 10.9 Å². The maximum atomic E-state index is 12.8. The number of amides is 1. The lowest BCUT2D eigenvalue weighted by Crippen LogP contribution is -2.48. The maximum Gasteiger partial charge on any atom is 0.243 e. The van der Waals surface area contributed by atoms with Crippen LogP contribution in [0, 0.1) is 5.92 Å². The lowest BCUT2D eigenvalue weighted by molar-refractivity contribution is -0.134. The Kier molecular flexibility index (Phi) is 5.69. The van der Waals surface area contributed by atoms with Crippen molar-refractivity contribution in [2.24, 2.45) is 11.7 Å². The number of nitrogens with two attached hydrogens (primary N) is 1. The molecule has 1 amide bonds. The van der Waals surface area contributed by atoms with Crippen molar-refractivity contribution in [2.45, 2.75) is 57.0 Å². The number of carbonyl (C=O) groups is 1. The van der Waals surface area contributed by atoms with Gasteiger partial charge in [-0.3, -0.25) is 4.79 Å². The molecule has 2 N–H and O–H groups in total. The molecule has 3 rings (SSSR count). The zero-order chi connectivity index (χ0) is 18.9. The van der Waals surface area contributed by atoms with Gasteiger partial charge in [0.15, 0.2) is 0 Å². The van der Waals surface area contributed by atoms with Crippen molar-refractivity contribution >= 4 is 15.9 Å². The maximum absolute atomic E-state index is 12.8. The highest BCUT2D eigenvalue weighted by Gasteiger charge is 2.30. The molecule has 2 heterocycles. The molecule has 144 valence electrons. The SMILES string of the molecule is CCC(C)C(N)C(=O)N1CCc2ccc(S(=O)(=O)N3CCCC3)cc2C1. The molecule has 26 heavy (non-hydrogen) atoms. The van der Waals surface area contributed by atoms with E-state index in [-0.39, 0.29) is 11.8 Å². The van der Waals surface area contributed by atoms with Crippen LogP contribution in [-0.2, 0) is 27.8 Å². The van der Waals surface area contributed by atoms with E-state index in [1.165, 1.54) is 0 Å². The highest BCUT2D eigenvalue weighted by molar-refractivity contribution is 7.89. The van der Waals surface area contributed by atoms with Gasteiger partial charge in [0.2, 0.25) is 15.9 Å². The molecule has 0 radical (unpaired) electrons. The Bertz CT molecular complexity index is 772. The Labute approximate surface area is 156 Å². The number of fused-ring (bicyclic) bond motifs is 1. The summed E-state index contributed by atoms with van der Waals surface area (Å²) < 4.78 is 27.1. The van der Waals surface area contributed by atoms with E-state index in [9.17, 15) is 13.2 Å². The van der Waals surface area contributed by atoms with Gasteiger partial charge in [-0.05, 0) is 48.4 Å². The first kappa shape index (κ1) is 19.3. The lowest BCUT2D eigenvalue weighted by Gasteiger charge is -2.32. The third-order valence-corrected chi connectivity index (χ3v) is 7.64. The van der Waals surface area contributed by atoms with Crippen LogP contribution in [0.1, 0.15) is 44.2 Å². The van der Waals surface area contributed by atoms with Crippen LogP contribution >= 0.6 is 0 Å². The predicted octanol–water partition coefficient (Wildman–Crippen LogP) is 1.73. The number of nitrogens with zero attached hydrogens (tertiary/aromatic N) is 2. The summed E-state index contributed by atoms with van der Waals surface area (Å²) in [6.45, 7) is 6.26. The minimum absolute atomic E-state index is 0.0437. The largest absolute Gasteiger partial charge is 0.337 e. The first-order valence-electron chi connectivity index (χ1n) is 9.51. The van der Waals surface area contributed by atoms with E-state index in [4.69, 9.17) is 5.73 Å². The smallest absolute Gasteiger partial charge is 0.243 e. The van der Waals surface area contributed by atoms with E-state index in [0.717, 1.165) is 36.8 Å². The summed E-state index contributed by atoms with van der Waals surface area (Å²) in [5, 5.41) is 0. The molecular weight excluding hydrogens is 350 g/mol. The molecule has 2 unspecified atom stereocenters. The summed E-state index contributed by atoms with van der Waals surface area (Å²) >= 11 is 0. The monoisotopic (exact) mass is 379 g/mol. The van der Waals surface area contributed by atoms with Gasteiger partial charge in [-0.15, -0.1) is 0 Å². The third kappa shape index (κ3) is 3.66. The molecule has 1 saturated heterocycles. The Morgan fingerprint density at radius 3 is 2.54 bits per heavy atom. The Morgan fingerprint density at radius 1 is 1.19 bits per heavy atom. The fourth-order valence-corrected chi connectivity index (χ4v) is 5.24. The van der Waals surface area contributed by atoms with Gasteiger partial charge in [0.1, 0.15) is 0 Å². The zero-order valence-corrected chi connectivity index (χ0v) is 16.5. The van der Waals surface area contributed by atoms with Crippen LogP contribution in [0.2, 0.25) is 0 Å². The second-order valence-corrected chi connectivity index (χ2v) is 9.40. The number of rotatable bonds is 5. The van der Waals surface area contributed by atoms with Crippen LogP contribution < -0.4 is 5.73 Å². The Balaban J connectivity index is 1.81. The molecule has 2 atom stereocenters. The molecule has 0 spiro atoms. The van der Waals surface area contributed by atoms with Crippen LogP contribution in [0.5, 0.6) is 0 Å². The van der Waals surface area contributed by atoms with E-state index in [2.05, 4.69) is 0 Å². The van der Waals surface area contributed by atoms with Gasteiger partial charge in [-0.25, -0.2) is 8.42 Å². The molecule has 2 aliphatic rings. The molecule has 0 saturated carbocycles. The highest BCUT2D eigenvalue weighted by Crippen LogP contribution is 2.27. The number of hydrogen-bond donors (Lipinski definition) is 1. The van der Waals surface area contributed by atoms with Crippen molar-refractivity contribution in [3.8, 4) is 0 Å². The van der Waals surface area contributed by atoms with Crippen LogP contribution in [0.15, 0.2) is 23.1 Å². The van der Waals surface area contributed by atoms with E-state index < -0.39 is 16.1 Å². The van der Waals surface area contributed by atoms with Crippen LogP contribution in [-0.4, -0.2) is 49.2 Å². The predicted molar refractivity (Wildman–Crippen MR) is 101 cm³/mol. The molecule has 1 aromatic carbocycles. The third-order valence-electron chi connectivity index (χ3n) is 5.75. The molecule has 1 fully saturated rings. The van der Waals surface area contributed by atoms with Gasteiger partial charge >= 0.3 is 0 Å². The number of hydrogen-bond acceptors (Lipinski definition) is 4. The summed E-state index contributed by atoms with van der Waals surface area (Å²) in [4.78, 5) is 14.8. The van der Waals surface area contributed by atoms with E-state index in [0.29, 0.717) is 31.1 Å². The molecule has 7 heteroatoms.